The number of aromatic nitrogens is 3. The molecule has 1 amide bonds. The summed E-state index contributed by atoms with van der Waals surface area (Å²) in [4.78, 5) is 26.2. The molecule has 0 bridgehead atoms. The molecule has 8 nitrogen and oxygen atoms in total. The third kappa shape index (κ3) is 2.46. The van der Waals surface area contributed by atoms with Crippen LogP contribution in [0.2, 0.25) is 0 Å². The van der Waals surface area contributed by atoms with Gasteiger partial charge in [-0.3, -0.25) is 20.0 Å². The van der Waals surface area contributed by atoms with Crippen LogP contribution in [0, 0.1) is 15.9 Å². The first kappa shape index (κ1) is 13.6. The molecule has 1 aromatic carbocycles. The third-order valence-corrected chi connectivity index (χ3v) is 2.94. The quantitative estimate of drug-likeness (QED) is 0.569. The SMILES string of the molecule is O=C(Nc1ccc(F)cc1)c1[nH]nc2ncc([N+](=O)[O-])cc12. The molecule has 3 aromatic rings. The molecule has 0 aliphatic carbocycles. The molecule has 0 aliphatic rings. The summed E-state index contributed by atoms with van der Waals surface area (Å²) >= 11 is 0. The first-order valence-electron chi connectivity index (χ1n) is 6.10. The van der Waals surface area contributed by atoms with Gasteiger partial charge in [-0.2, -0.15) is 5.10 Å². The molecule has 0 radical (unpaired) electrons. The fourth-order valence-electron chi connectivity index (χ4n) is 1.89. The van der Waals surface area contributed by atoms with E-state index in [4.69, 9.17) is 0 Å². The Hall–Kier alpha value is -3.36. The maximum Gasteiger partial charge on any atom is 0.288 e. The number of fused-ring (bicyclic) bond motifs is 1. The summed E-state index contributed by atoms with van der Waals surface area (Å²) in [6.45, 7) is 0. The van der Waals surface area contributed by atoms with Gasteiger partial charge in [-0.05, 0) is 24.3 Å². The first-order valence-corrected chi connectivity index (χ1v) is 6.10. The molecule has 0 saturated heterocycles. The van der Waals surface area contributed by atoms with Crippen LogP contribution in [0.25, 0.3) is 11.0 Å². The standard InChI is InChI=1S/C13H8FN5O3/c14-7-1-3-8(4-2-7)16-13(20)11-10-5-9(19(21)22)6-15-12(10)18-17-11/h1-6H,(H,16,20)(H,15,17,18). The number of carbonyl (C=O) groups excluding carboxylic acids is 1. The van der Waals surface area contributed by atoms with Crippen LogP contribution in [0.3, 0.4) is 0 Å². The van der Waals surface area contributed by atoms with Crippen molar-refractivity contribution in [2.24, 2.45) is 0 Å². The van der Waals surface area contributed by atoms with E-state index < -0.39 is 16.6 Å². The minimum absolute atomic E-state index is 0.0375. The maximum atomic E-state index is 12.8. The monoisotopic (exact) mass is 301 g/mol. The van der Waals surface area contributed by atoms with Crippen LogP contribution in [-0.2, 0) is 0 Å². The second-order valence-corrected chi connectivity index (χ2v) is 4.38. The Kier molecular flexibility index (Phi) is 3.22. The Morgan fingerprint density at radius 1 is 1.32 bits per heavy atom. The van der Waals surface area contributed by atoms with Gasteiger partial charge in [-0.25, -0.2) is 9.37 Å². The molecular formula is C13H8FN5O3. The number of nitrogens with one attached hydrogen (secondary N) is 2. The zero-order valence-electron chi connectivity index (χ0n) is 10.9. The second-order valence-electron chi connectivity index (χ2n) is 4.38. The minimum Gasteiger partial charge on any atom is -0.321 e. The van der Waals surface area contributed by atoms with Gasteiger partial charge < -0.3 is 5.32 Å². The zero-order chi connectivity index (χ0) is 15.7. The lowest BCUT2D eigenvalue weighted by Gasteiger charge is -2.03. The number of pyridine rings is 1. The van der Waals surface area contributed by atoms with Gasteiger partial charge in [-0.15, -0.1) is 0 Å². The van der Waals surface area contributed by atoms with Crippen molar-refractivity contribution >= 4 is 28.3 Å². The van der Waals surface area contributed by atoms with Crippen molar-refractivity contribution < 1.29 is 14.1 Å². The highest BCUT2D eigenvalue weighted by atomic mass is 19.1. The Morgan fingerprint density at radius 3 is 2.73 bits per heavy atom. The summed E-state index contributed by atoms with van der Waals surface area (Å²) in [5.74, 6) is -0.985. The number of benzene rings is 1. The summed E-state index contributed by atoms with van der Waals surface area (Å²) in [6.07, 6.45) is 1.06. The van der Waals surface area contributed by atoms with Gasteiger partial charge in [0, 0.05) is 11.8 Å². The zero-order valence-corrected chi connectivity index (χ0v) is 10.9. The molecule has 110 valence electrons. The smallest absolute Gasteiger partial charge is 0.288 e. The van der Waals surface area contributed by atoms with Gasteiger partial charge >= 0.3 is 0 Å². The number of nitro groups is 1. The van der Waals surface area contributed by atoms with Crippen LogP contribution in [0.4, 0.5) is 15.8 Å². The van der Waals surface area contributed by atoms with Gasteiger partial charge in [0.05, 0.1) is 10.3 Å². The number of hydrogen-bond donors (Lipinski definition) is 2. The number of nitrogens with zero attached hydrogens (tertiary/aromatic N) is 3. The van der Waals surface area contributed by atoms with E-state index in [1.165, 1.54) is 30.3 Å². The maximum absolute atomic E-state index is 12.8. The first-order chi connectivity index (χ1) is 10.5. The Bertz CT molecular complexity index is 875. The number of anilines is 1. The van der Waals surface area contributed by atoms with Crippen LogP contribution in [0.5, 0.6) is 0 Å². The van der Waals surface area contributed by atoms with E-state index in [-0.39, 0.29) is 22.4 Å². The van der Waals surface area contributed by atoms with Crippen LogP contribution in [0.1, 0.15) is 10.5 Å². The predicted octanol–water partition coefficient (Wildman–Crippen LogP) is 2.26. The van der Waals surface area contributed by atoms with Crippen molar-refractivity contribution in [3.8, 4) is 0 Å². The molecule has 2 aromatic heterocycles. The average molecular weight is 301 g/mol. The lowest BCUT2D eigenvalue weighted by atomic mass is 10.2. The van der Waals surface area contributed by atoms with Gasteiger partial charge in [0.1, 0.15) is 17.7 Å². The summed E-state index contributed by atoms with van der Waals surface area (Å²) in [5, 5.41) is 19.8. The Labute approximate surface area is 122 Å². The van der Waals surface area contributed by atoms with Crippen LogP contribution in [-0.4, -0.2) is 26.0 Å². The molecule has 2 N–H and O–H groups in total. The highest BCUT2D eigenvalue weighted by Crippen LogP contribution is 2.20. The van der Waals surface area contributed by atoms with Crippen molar-refractivity contribution in [2.75, 3.05) is 5.32 Å². The van der Waals surface area contributed by atoms with Crippen LogP contribution < -0.4 is 5.32 Å². The Balaban J connectivity index is 1.95. The van der Waals surface area contributed by atoms with E-state index in [2.05, 4.69) is 20.5 Å². The number of H-pyrrole nitrogens is 1. The molecule has 3 rings (SSSR count). The molecule has 0 unspecified atom stereocenters. The molecule has 2 heterocycles. The van der Waals surface area contributed by atoms with Gasteiger partial charge in [0.25, 0.3) is 11.6 Å². The molecular weight excluding hydrogens is 293 g/mol. The summed E-state index contributed by atoms with van der Waals surface area (Å²) in [6, 6.07) is 6.41. The molecule has 0 aliphatic heterocycles. The fourth-order valence-corrected chi connectivity index (χ4v) is 1.89. The molecule has 0 atom stereocenters. The number of rotatable bonds is 3. The second kappa shape index (κ2) is 5.20. The highest BCUT2D eigenvalue weighted by molar-refractivity contribution is 6.10. The lowest BCUT2D eigenvalue weighted by molar-refractivity contribution is -0.385. The fraction of sp³-hybridized carbons (Fsp3) is 0. The molecule has 0 fully saturated rings. The van der Waals surface area contributed by atoms with Crippen molar-refractivity contribution in [3.05, 3.63) is 58.2 Å². The van der Waals surface area contributed by atoms with Crippen molar-refractivity contribution in [3.63, 3.8) is 0 Å². The molecule has 0 saturated carbocycles. The van der Waals surface area contributed by atoms with Gasteiger partial charge in [0.2, 0.25) is 0 Å². The summed E-state index contributed by atoms with van der Waals surface area (Å²) in [5.41, 5.74) is 0.364. The highest BCUT2D eigenvalue weighted by Gasteiger charge is 2.18. The topological polar surface area (TPSA) is 114 Å². The van der Waals surface area contributed by atoms with Gasteiger partial charge in [0.15, 0.2) is 5.65 Å². The molecule has 0 spiro atoms. The number of halogens is 1. The largest absolute Gasteiger partial charge is 0.321 e. The normalized spacial score (nSPS) is 10.6. The van der Waals surface area contributed by atoms with E-state index in [9.17, 15) is 19.3 Å². The van der Waals surface area contributed by atoms with E-state index >= 15 is 0 Å². The number of hydrogen-bond acceptors (Lipinski definition) is 5. The summed E-state index contributed by atoms with van der Waals surface area (Å²) in [7, 11) is 0. The van der Waals surface area contributed by atoms with Crippen molar-refractivity contribution in [2.45, 2.75) is 0 Å². The van der Waals surface area contributed by atoms with Crippen LogP contribution in [0.15, 0.2) is 36.5 Å². The van der Waals surface area contributed by atoms with Crippen molar-refractivity contribution in [1.29, 1.82) is 0 Å². The lowest BCUT2D eigenvalue weighted by Crippen LogP contribution is -2.12. The molecule has 22 heavy (non-hydrogen) atoms. The average Bonchev–Trinajstić information content (AvgIpc) is 2.92. The van der Waals surface area contributed by atoms with E-state index in [0.717, 1.165) is 6.20 Å². The van der Waals surface area contributed by atoms with E-state index in [0.29, 0.717) is 5.69 Å². The number of carbonyl (C=O) groups is 1. The van der Waals surface area contributed by atoms with Crippen LogP contribution >= 0.6 is 0 Å². The number of amides is 1. The minimum atomic E-state index is -0.610. The van der Waals surface area contributed by atoms with E-state index in [1.54, 1.807) is 0 Å². The number of aromatic amines is 1. The van der Waals surface area contributed by atoms with Crippen molar-refractivity contribution in [1.82, 2.24) is 15.2 Å². The Morgan fingerprint density at radius 2 is 2.05 bits per heavy atom. The predicted molar refractivity (Wildman–Crippen MR) is 74.9 cm³/mol. The van der Waals surface area contributed by atoms with Gasteiger partial charge in [-0.1, -0.05) is 0 Å². The summed E-state index contributed by atoms with van der Waals surface area (Å²) < 4.78 is 12.8. The van der Waals surface area contributed by atoms with E-state index in [1.807, 2.05) is 0 Å². The third-order valence-electron chi connectivity index (χ3n) is 2.94. The molecule has 9 heteroatoms.